The summed E-state index contributed by atoms with van der Waals surface area (Å²) in [5, 5.41) is 18.6. The minimum Gasteiger partial charge on any atom is -0.496 e. The van der Waals surface area contributed by atoms with E-state index in [0.717, 1.165) is 43.2 Å². The Morgan fingerprint density at radius 1 is 0.902 bits per heavy atom. The Morgan fingerprint density at radius 3 is 2.06 bits per heavy atom. The fourth-order valence-electron chi connectivity index (χ4n) is 8.95. The number of aryl methyl sites for hydroxylation is 1. The Kier molecular flexibility index (Phi) is 8.85. The number of carboxylic acids is 1. The van der Waals surface area contributed by atoms with Gasteiger partial charge in [0.1, 0.15) is 17.0 Å². The van der Waals surface area contributed by atoms with Crippen LogP contribution in [0.4, 0.5) is 5.69 Å². The van der Waals surface area contributed by atoms with Gasteiger partial charge in [-0.3, -0.25) is 9.52 Å². The number of carboxylic acid groups (broad SMARTS) is 1. The molecule has 4 aliphatic carbocycles. The van der Waals surface area contributed by atoms with Crippen molar-refractivity contribution in [3.05, 3.63) is 83.6 Å². The maximum absolute atomic E-state index is 14.3. The van der Waals surface area contributed by atoms with Crippen molar-refractivity contribution in [2.45, 2.75) is 69.2 Å². The van der Waals surface area contributed by atoms with Gasteiger partial charge in [0.25, 0.3) is 15.9 Å². The number of ether oxygens (including phenoxy) is 2. The van der Waals surface area contributed by atoms with E-state index in [1.807, 2.05) is 20.8 Å². The fourth-order valence-corrected chi connectivity index (χ4v) is 10.00. The topological polar surface area (TPSA) is 149 Å². The zero-order chi connectivity index (χ0) is 36.2. The number of methoxy groups -OCH3 is 2. The monoisotopic (exact) mass is 712 g/mol. The van der Waals surface area contributed by atoms with Gasteiger partial charge < -0.3 is 19.9 Å². The van der Waals surface area contributed by atoms with Gasteiger partial charge in [0.05, 0.1) is 36.1 Å². The van der Waals surface area contributed by atoms with Gasteiger partial charge in [0.2, 0.25) is 0 Å². The third kappa shape index (κ3) is 6.03. The molecule has 0 radical (unpaired) electrons. The van der Waals surface area contributed by atoms with Crippen molar-refractivity contribution < 1.29 is 32.6 Å². The highest BCUT2D eigenvalue weighted by atomic mass is 32.2. The van der Waals surface area contributed by atoms with Gasteiger partial charge in [0.15, 0.2) is 5.69 Å². The Hall–Kier alpha value is -4.84. The van der Waals surface area contributed by atoms with Crippen LogP contribution in [0.5, 0.6) is 11.5 Å². The minimum absolute atomic E-state index is 0.0475. The number of amides is 1. The molecule has 4 bridgehead atoms. The molecule has 1 aromatic heterocycles. The average molecular weight is 713 g/mol. The fraction of sp³-hybridized carbons (Fsp3) is 0.410. The number of nitrogens with zero attached hydrogens (tertiary/aromatic N) is 2. The molecule has 4 aliphatic rings. The van der Waals surface area contributed by atoms with Crippen molar-refractivity contribution in [2.24, 2.45) is 23.7 Å². The number of nitrogens with one attached hydrogen (secondary N) is 2. The van der Waals surface area contributed by atoms with Gasteiger partial charge >= 0.3 is 5.97 Å². The summed E-state index contributed by atoms with van der Waals surface area (Å²) in [6, 6.07) is 18.8. The third-order valence-corrected chi connectivity index (χ3v) is 12.6. The van der Waals surface area contributed by atoms with Crippen LogP contribution in [-0.2, 0) is 14.8 Å². The number of aliphatic carboxylic acids is 1. The molecule has 3 N–H and O–H groups in total. The standard InChI is InChI=1S/C39H44N4O7S/c1-22(2)30-20-28(42-51(47,48)29-12-9-23(3)10-13-29)11-14-32(30)43-33(36-34(49-4)7-6-8-35(36)50-5)21-31(41-43)37(44)40-39(38(45)46)26-16-24-15-25(18-26)19-27(39)17-24/h6-14,20-22,24-27,42H,15-19H2,1-5H3,(H,40,44)(H,45,46). The Morgan fingerprint density at radius 2 is 1.51 bits per heavy atom. The van der Waals surface area contributed by atoms with E-state index in [9.17, 15) is 23.1 Å². The van der Waals surface area contributed by atoms with Crippen LogP contribution in [-0.4, -0.2) is 54.9 Å². The summed E-state index contributed by atoms with van der Waals surface area (Å²) in [7, 11) is -0.776. The molecule has 0 saturated heterocycles. The molecule has 0 atom stereocenters. The highest BCUT2D eigenvalue weighted by Crippen LogP contribution is 2.58. The van der Waals surface area contributed by atoms with Crippen LogP contribution in [0, 0.1) is 30.6 Å². The molecule has 4 aromatic rings. The van der Waals surface area contributed by atoms with Crippen LogP contribution in [0.1, 0.15) is 73.5 Å². The van der Waals surface area contributed by atoms with Crippen molar-refractivity contribution in [1.29, 1.82) is 0 Å². The first-order chi connectivity index (χ1) is 24.3. The number of carbonyl (C=O) groups excluding carboxylic acids is 1. The lowest BCUT2D eigenvalue weighted by Gasteiger charge is -2.59. The molecule has 3 aromatic carbocycles. The first kappa shape index (κ1) is 34.6. The molecule has 11 nitrogen and oxygen atoms in total. The number of hydrogen-bond acceptors (Lipinski definition) is 7. The maximum Gasteiger partial charge on any atom is 0.330 e. The van der Waals surface area contributed by atoms with E-state index in [2.05, 4.69) is 10.0 Å². The SMILES string of the molecule is COc1cccc(OC)c1-c1cc(C(=O)NC2(C(=O)O)C3CC4CC(C3)CC2C4)nn1-c1ccc(NS(=O)(=O)c2ccc(C)cc2)cc1C(C)C. The number of carbonyl (C=O) groups is 2. The predicted octanol–water partition coefficient (Wildman–Crippen LogP) is 6.80. The van der Waals surface area contributed by atoms with Gasteiger partial charge in [-0.2, -0.15) is 5.10 Å². The number of anilines is 1. The molecule has 12 heteroatoms. The van der Waals surface area contributed by atoms with Gasteiger partial charge in [0, 0.05) is 5.69 Å². The van der Waals surface area contributed by atoms with E-state index in [0.29, 0.717) is 46.0 Å². The Labute approximate surface area is 298 Å². The van der Waals surface area contributed by atoms with Crippen LogP contribution < -0.4 is 19.5 Å². The quantitative estimate of drug-likeness (QED) is 0.154. The lowest BCUT2D eigenvalue weighted by atomic mass is 9.48. The molecule has 4 saturated carbocycles. The van der Waals surface area contributed by atoms with E-state index in [1.165, 1.54) is 0 Å². The maximum atomic E-state index is 14.3. The van der Waals surface area contributed by atoms with Crippen LogP contribution >= 0.6 is 0 Å². The van der Waals surface area contributed by atoms with Crippen molar-refractivity contribution in [3.8, 4) is 28.4 Å². The second-order valence-corrected chi connectivity index (χ2v) is 16.3. The summed E-state index contributed by atoms with van der Waals surface area (Å²) >= 11 is 0. The second kappa shape index (κ2) is 13.0. The van der Waals surface area contributed by atoms with Crippen LogP contribution in [0.3, 0.4) is 0 Å². The van der Waals surface area contributed by atoms with E-state index in [4.69, 9.17) is 14.6 Å². The molecular formula is C39H44N4O7S. The van der Waals surface area contributed by atoms with Crippen molar-refractivity contribution >= 4 is 27.6 Å². The first-order valence-corrected chi connectivity index (χ1v) is 18.9. The van der Waals surface area contributed by atoms with Gasteiger partial charge in [-0.25, -0.2) is 17.9 Å². The van der Waals surface area contributed by atoms with Crippen LogP contribution in [0.25, 0.3) is 16.9 Å². The molecule has 1 amide bonds. The molecule has 268 valence electrons. The molecule has 8 rings (SSSR count). The molecular weight excluding hydrogens is 669 g/mol. The van der Waals surface area contributed by atoms with Gasteiger partial charge in [-0.1, -0.05) is 37.6 Å². The number of rotatable bonds is 11. The average Bonchev–Trinajstić information content (AvgIpc) is 3.54. The van der Waals surface area contributed by atoms with Gasteiger partial charge in [-0.05, 0) is 123 Å². The van der Waals surface area contributed by atoms with Crippen molar-refractivity contribution in [3.63, 3.8) is 0 Å². The molecule has 4 fully saturated rings. The van der Waals surface area contributed by atoms with Gasteiger partial charge in [-0.15, -0.1) is 0 Å². The minimum atomic E-state index is -3.87. The summed E-state index contributed by atoms with van der Waals surface area (Å²) in [6.45, 7) is 5.87. The summed E-state index contributed by atoms with van der Waals surface area (Å²) in [5.41, 5.74) is 2.41. The normalized spacial score (nSPS) is 23.6. The molecule has 0 aliphatic heterocycles. The third-order valence-electron chi connectivity index (χ3n) is 11.2. The van der Waals surface area contributed by atoms with E-state index in [1.54, 1.807) is 85.6 Å². The van der Waals surface area contributed by atoms with Crippen LogP contribution in [0.2, 0.25) is 0 Å². The summed E-state index contributed by atoms with van der Waals surface area (Å²) in [4.78, 5) is 27.5. The molecule has 0 unspecified atom stereocenters. The Balaban J connectivity index is 1.33. The smallest absolute Gasteiger partial charge is 0.330 e. The zero-order valence-corrected chi connectivity index (χ0v) is 30.3. The molecule has 51 heavy (non-hydrogen) atoms. The number of benzene rings is 3. The lowest BCUT2D eigenvalue weighted by Crippen LogP contribution is -2.70. The first-order valence-electron chi connectivity index (χ1n) is 17.5. The van der Waals surface area contributed by atoms with E-state index < -0.39 is 27.4 Å². The number of hydrogen-bond donors (Lipinski definition) is 3. The summed E-state index contributed by atoms with van der Waals surface area (Å²) in [5.74, 6) is 0.0941. The van der Waals surface area contributed by atoms with E-state index in [-0.39, 0.29) is 28.3 Å². The summed E-state index contributed by atoms with van der Waals surface area (Å²) < 4.78 is 42.4. The highest BCUT2D eigenvalue weighted by Gasteiger charge is 2.62. The summed E-state index contributed by atoms with van der Waals surface area (Å²) in [6.07, 6.45) is 4.35. The number of sulfonamides is 1. The second-order valence-electron chi connectivity index (χ2n) is 14.6. The zero-order valence-electron chi connectivity index (χ0n) is 29.5. The largest absolute Gasteiger partial charge is 0.496 e. The van der Waals surface area contributed by atoms with Crippen molar-refractivity contribution in [1.82, 2.24) is 15.1 Å². The molecule has 0 spiro atoms. The molecule has 1 heterocycles. The van der Waals surface area contributed by atoms with Crippen molar-refractivity contribution in [2.75, 3.05) is 18.9 Å². The lowest BCUT2D eigenvalue weighted by molar-refractivity contribution is -0.163. The van der Waals surface area contributed by atoms with E-state index >= 15 is 0 Å². The number of aromatic nitrogens is 2. The predicted molar refractivity (Wildman–Crippen MR) is 193 cm³/mol. The Bertz CT molecular complexity index is 2060. The van der Waals surface area contributed by atoms with Crippen LogP contribution in [0.15, 0.2) is 71.6 Å². The highest BCUT2D eigenvalue weighted by molar-refractivity contribution is 7.92.